The second-order valence-electron chi connectivity index (χ2n) is 6.78. The Kier molecular flexibility index (Phi) is 8.21. The van der Waals surface area contributed by atoms with Gasteiger partial charge in [-0.05, 0) is 37.0 Å². The molecule has 1 heterocycles. The first-order valence-electron chi connectivity index (χ1n) is 9.41. The van der Waals surface area contributed by atoms with Crippen LogP contribution in [0.3, 0.4) is 0 Å². The van der Waals surface area contributed by atoms with Gasteiger partial charge < -0.3 is 4.74 Å². The van der Waals surface area contributed by atoms with Crippen LogP contribution in [0.5, 0.6) is 0 Å². The van der Waals surface area contributed by atoms with E-state index in [0.29, 0.717) is 42.4 Å². The highest BCUT2D eigenvalue weighted by Gasteiger charge is 2.13. The number of para-hydroxylation sites is 1. The Bertz CT molecular complexity index is 997. The maximum atomic E-state index is 12.5. The highest BCUT2D eigenvalue weighted by Crippen LogP contribution is 2.15. The van der Waals surface area contributed by atoms with Crippen LogP contribution in [0.4, 0.5) is 0 Å². The Labute approximate surface area is 174 Å². The van der Waals surface area contributed by atoms with Crippen LogP contribution in [0.2, 0.25) is 0 Å². The molecule has 7 nitrogen and oxygen atoms in total. The molecule has 0 bridgehead atoms. The molecule has 1 aromatic carbocycles. The van der Waals surface area contributed by atoms with E-state index in [-0.39, 0.29) is 22.9 Å². The molecule has 2 amide bonds. The van der Waals surface area contributed by atoms with E-state index in [1.807, 2.05) is 38.1 Å². The van der Waals surface area contributed by atoms with Crippen molar-refractivity contribution < 1.29 is 14.3 Å². The summed E-state index contributed by atoms with van der Waals surface area (Å²) in [4.78, 5) is 39.1. The number of fused-ring (bicyclic) bond motifs is 1. The van der Waals surface area contributed by atoms with Crippen molar-refractivity contribution in [3.05, 3.63) is 52.3 Å². The van der Waals surface area contributed by atoms with E-state index in [4.69, 9.17) is 17.0 Å². The standard InChI is InChI=1S/C21H25N3O4S/c1-4-15(10-9-14(2)11-18(29)20(26)22-13-25)28-12-19-23-17-8-6-5-7-16(17)21(27)24(19)3/h5-8,10,13-14H,4,9,11-12H2,1-3H3,(H,22,25,26)/b15-10+. The minimum absolute atomic E-state index is 0.105. The first-order valence-corrected chi connectivity index (χ1v) is 9.82. The fourth-order valence-electron chi connectivity index (χ4n) is 2.81. The maximum Gasteiger partial charge on any atom is 0.264 e. The Morgan fingerprint density at radius 2 is 2.10 bits per heavy atom. The molecule has 1 unspecified atom stereocenters. The Morgan fingerprint density at radius 1 is 1.38 bits per heavy atom. The van der Waals surface area contributed by atoms with Crippen LogP contribution in [0, 0.1) is 5.92 Å². The van der Waals surface area contributed by atoms with Crippen molar-refractivity contribution in [3.8, 4) is 0 Å². The van der Waals surface area contributed by atoms with Gasteiger partial charge >= 0.3 is 0 Å². The van der Waals surface area contributed by atoms with E-state index in [0.717, 1.165) is 5.76 Å². The summed E-state index contributed by atoms with van der Waals surface area (Å²) in [6.07, 6.45) is 4.05. The summed E-state index contributed by atoms with van der Waals surface area (Å²) in [6, 6.07) is 7.23. The fraction of sp³-hybridized carbons (Fsp3) is 0.381. The van der Waals surface area contributed by atoms with Gasteiger partial charge in [-0.3, -0.25) is 24.3 Å². The van der Waals surface area contributed by atoms with Crippen LogP contribution in [0.25, 0.3) is 10.9 Å². The van der Waals surface area contributed by atoms with Gasteiger partial charge in [0.25, 0.3) is 11.5 Å². The molecule has 0 fully saturated rings. The lowest BCUT2D eigenvalue weighted by Gasteiger charge is -2.14. The molecule has 0 aliphatic rings. The third-order valence-corrected chi connectivity index (χ3v) is 4.89. The lowest BCUT2D eigenvalue weighted by molar-refractivity contribution is -0.120. The number of aromatic nitrogens is 2. The number of imide groups is 1. The van der Waals surface area contributed by atoms with Gasteiger partial charge in [0.15, 0.2) is 0 Å². The molecule has 0 spiro atoms. The Balaban J connectivity index is 2.01. The van der Waals surface area contributed by atoms with Gasteiger partial charge in [0, 0.05) is 13.5 Å². The molecule has 0 radical (unpaired) electrons. The molecule has 8 heteroatoms. The van der Waals surface area contributed by atoms with Gasteiger partial charge in [-0.1, -0.05) is 38.2 Å². The lowest BCUT2D eigenvalue weighted by atomic mass is 10.0. The van der Waals surface area contributed by atoms with E-state index >= 15 is 0 Å². The second-order valence-corrected chi connectivity index (χ2v) is 7.27. The van der Waals surface area contributed by atoms with Gasteiger partial charge in [0.1, 0.15) is 12.4 Å². The van der Waals surface area contributed by atoms with Crippen LogP contribution < -0.4 is 10.9 Å². The third kappa shape index (κ3) is 6.05. The third-order valence-electron chi connectivity index (χ3n) is 4.54. The van der Waals surface area contributed by atoms with E-state index in [9.17, 15) is 14.4 Å². The maximum absolute atomic E-state index is 12.5. The van der Waals surface area contributed by atoms with Crippen LogP contribution in [0.1, 0.15) is 38.9 Å². The van der Waals surface area contributed by atoms with Gasteiger partial charge in [-0.25, -0.2) is 4.98 Å². The fourth-order valence-corrected chi connectivity index (χ4v) is 3.16. The molecule has 1 atom stereocenters. The molecule has 0 aliphatic heterocycles. The number of rotatable bonds is 10. The van der Waals surface area contributed by atoms with Crippen LogP contribution in [-0.4, -0.2) is 26.7 Å². The lowest BCUT2D eigenvalue weighted by Crippen LogP contribution is -2.29. The average molecular weight is 416 g/mol. The molecule has 29 heavy (non-hydrogen) atoms. The van der Waals surface area contributed by atoms with E-state index < -0.39 is 5.91 Å². The van der Waals surface area contributed by atoms with Crippen LogP contribution >= 0.6 is 12.2 Å². The minimum Gasteiger partial charge on any atom is -0.490 e. The summed E-state index contributed by atoms with van der Waals surface area (Å²) in [5, 5.41) is 2.63. The number of thiocarbonyl (C=S) groups is 1. The van der Waals surface area contributed by atoms with Gasteiger partial charge in [-0.2, -0.15) is 0 Å². The van der Waals surface area contributed by atoms with Crippen LogP contribution in [-0.2, 0) is 28.0 Å². The summed E-state index contributed by atoms with van der Waals surface area (Å²) in [7, 11) is 1.68. The number of nitrogens with zero attached hydrogens (tertiary/aromatic N) is 2. The van der Waals surface area contributed by atoms with Gasteiger partial charge in [-0.15, -0.1) is 0 Å². The predicted molar refractivity (Wildman–Crippen MR) is 115 cm³/mol. The molecular weight excluding hydrogens is 390 g/mol. The predicted octanol–water partition coefficient (Wildman–Crippen LogP) is 2.80. The normalized spacial score (nSPS) is 12.4. The van der Waals surface area contributed by atoms with Crippen molar-refractivity contribution in [1.82, 2.24) is 14.9 Å². The molecule has 0 saturated carbocycles. The number of allylic oxidation sites excluding steroid dienone is 2. The molecule has 0 saturated heterocycles. The monoisotopic (exact) mass is 415 g/mol. The number of ether oxygens (including phenoxy) is 1. The van der Waals surface area contributed by atoms with E-state index in [1.54, 1.807) is 13.1 Å². The van der Waals surface area contributed by atoms with E-state index in [1.165, 1.54) is 4.57 Å². The minimum atomic E-state index is -0.527. The second kappa shape index (κ2) is 10.6. The van der Waals surface area contributed by atoms with Crippen molar-refractivity contribution >= 4 is 40.3 Å². The van der Waals surface area contributed by atoms with Crippen molar-refractivity contribution in [2.75, 3.05) is 0 Å². The summed E-state index contributed by atoms with van der Waals surface area (Å²) < 4.78 is 7.39. The van der Waals surface area contributed by atoms with Gasteiger partial charge in [0.2, 0.25) is 6.41 Å². The smallest absolute Gasteiger partial charge is 0.264 e. The van der Waals surface area contributed by atoms with Crippen LogP contribution in [0.15, 0.2) is 40.9 Å². The molecular formula is C21H25N3O4S. The Hall–Kier alpha value is -2.87. The molecule has 2 aromatic rings. The zero-order chi connectivity index (χ0) is 21.4. The summed E-state index contributed by atoms with van der Waals surface area (Å²) >= 11 is 5.04. The zero-order valence-electron chi connectivity index (χ0n) is 16.8. The molecule has 0 aliphatic carbocycles. The first kappa shape index (κ1) is 22.4. The zero-order valence-corrected chi connectivity index (χ0v) is 17.6. The summed E-state index contributed by atoms with van der Waals surface area (Å²) in [5.74, 6) is 0.921. The highest BCUT2D eigenvalue weighted by atomic mass is 32.1. The Morgan fingerprint density at radius 3 is 2.79 bits per heavy atom. The number of amides is 2. The molecule has 154 valence electrons. The number of carbonyl (C=O) groups is 2. The number of benzene rings is 1. The van der Waals surface area contributed by atoms with Crippen molar-refractivity contribution in [2.45, 2.75) is 39.7 Å². The largest absolute Gasteiger partial charge is 0.490 e. The summed E-state index contributed by atoms with van der Waals surface area (Å²) in [6.45, 7) is 4.13. The molecule has 1 N–H and O–H groups in total. The quantitative estimate of drug-likeness (QED) is 0.365. The highest BCUT2D eigenvalue weighted by molar-refractivity contribution is 7.82. The number of hydrogen-bond donors (Lipinski definition) is 1. The number of nitrogens with one attached hydrogen (secondary N) is 1. The van der Waals surface area contributed by atoms with Crippen molar-refractivity contribution in [3.63, 3.8) is 0 Å². The number of hydrogen-bond acceptors (Lipinski definition) is 6. The number of carbonyl (C=O) groups excluding carboxylic acids is 2. The van der Waals surface area contributed by atoms with E-state index in [2.05, 4.69) is 10.3 Å². The van der Waals surface area contributed by atoms with Crippen molar-refractivity contribution in [1.29, 1.82) is 0 Å². The average Bonchev–Trinajstić information content (AvgIpc) is 2.71. The topological polar surface area (TPSA) is 90.3 Å². The SMILES string of the molecule is CC/C(=C\CC(C)CC(=S)C(=O)NC=O)OCc1nc2ccccc2c(=O)n1C. The molecule has 2 rings (SSSR count). The van der Waals surface area contributed by atoms with Gasteiger partial charge in [0.05, 0.1) is 21.5 Å². The first-order chi connectivity index (χ1) is 13.9. The van der Waals surface area contributed by atoms with Crippen molar-refractivity contribution in [2.24, 2.45) is 13.0 Å². The summed E-state index contributed by atoms with van der Waals surface area (Å²) in [5.41, 5.74) is 0.541. The molecule has 1 aromatic heterocycles.